The first kappa shape index (κ1) is 17.6. The highest BCUT2D eigenvalue weighted by Gasteiger charge is 2.02. The third kappa shape index (κ3) is 5.47. The second-order valence-corrected chi connectivity index (χ2v) is 5.35. The zero-order chi connectivity index (χ0) is 17.2. The lowest BCUT2D eigenvalue weighted by atomic mass is 10.2. The molecule has 0 aliphatic rings. The largest absolute Gasteiger partial charge is 0.493 e. The number of anilines is 1. The van der Waals surface area contributed by atoms with Crippen LogP contribution >= 0.6 is 0 Å². The SMILES string of the molecule is CCOc1ccccc1/C=C/C(=O)NCCN(C)c1ccccc1. The average molecular weight is 324 g/mol. The van der Waals surface area contributed by atoms with Gasteiger partial charge in [0.1, 0.15) is 5.75 Å². The number of carbonyl (C=O) groups excluding carboxylic acids is 1. The number of ether oxygens (including phenoxy) is 1. The van der Waals surface area contributed by atoms with Crippen LogP contribution in [0.2, 0.25) is 0 Å². The minimum atomic E-state index is -0.109. The Kier molecular flexibility index (Phi) is 6.90. The van der Waals surface area contributed by atoms with E-state index in [-0.39, 0.29) is 5.91 Å². The van der Waals surface area contributed by atoms with Gasteiger partial charge in [-0.3, -0.25) is 4.79 Å². The number of amides is 1. The summed E-state index contributed by atoms with van der Waals surface area (Å²) in [5.74, 6) is 0.677. The molecule has 0 heterocycles. The molecule has 2 aromatic rings. The summed E-state index contributed by atoms with van der Waals surface area (Å²) in [5, 5.41) is 2.90. The van der Waals surface area contributed by atoms with E-state index in [9.17, 15) is 4.79 Å². The lowest BCUT2D eigenvalue weighted by molar-refractivity contribution is -0.116. The average Bonchev–Trinajstić information content (AvgIpc) is 2.62. The topological polar surface area (TPSA) is 41.6 Å². The molecule has 4 heteroatoms. The molecule has 4 nitrogen and oxygen atoms in total. The standard InChI is InChI=1S/C20H24N2O2/c1-3-24-19-12-8-7-9-17(19)13-14-20(23)21-15-16-22(2)18-10-5-4-6-11-18/h4-14H,3,15-16H2,1-2H3,(H,21,23)/b14-13+. The lowest BCUT2D eigenvalue weighted by Gasteiger charge is -2.19. The van der Waals surface area contributed by atoms with Crippen LogP contribution in [0.15, 0.2) is 60.7 Å². The maximum Gasteiger partial charge on any atom is 0.244 e. The fourth-order valence-corrected chi connectivity index (χ4v) is 2.29. The summed E-state index contributed by atoms with van der Waals surface area (Å²) >= 11 is 0. The summed E-state index contributed by atoms with van der Waals surface area (Å²) in [6.07, 6.45) is 3.32. The van der Waals surface area contributed by atoms with Gasteiger partial charge in [0.05, 0.1) is 6.61 Å². The van der Waals surface area contributed by atoms with Gasteiger partial charge in [-0.05, 0) is 31.2 Å². The van der Waals surface area contributed by atoms with Crippen LogP contribution in [0.1, 0.15) is 12.5 Å². The molecule has 0 aliphatic carbocycles. The molecule has 0 unspecified atom stereocenters. The Labute approximate surface area is 143 Å². The summed E-state index contributed by atoms with van der Waals surface area (Å²) in [7, 11) is 2.01. The van der Waals surface area contributed by atoms with Crippen LogP contribution in [0.4, 0.5) is 5.69 Å². The summed E-state index contributed by atoms with van der Waals surface area (Å²) < 4.78 is 5.54. The van der Waals surface area contributed by atoms with Crippen molar-refractivity contribution in [1.29, 1.82) is 0 Å². The number of para-hydroxylation sites is 2. The Morgan fingerprint density at radius 1 is 1.12 bits per heavy atom. The van der Waals surface area contributed by atoms with E-state index in [2.05, 4.69) is 10.2 Å². The van der Waals surface area contributed by atoms with Gasteiger partial charge in [-0.2, -0.15) is 0 Å². The molecule has 1 amide bonds. The van der Waals surface area contributed by atoms with Crippen molar-refractivity contribution in [1.82, 2.24) is 5.32 Å². The second kappa shape index (κ2) is 9.40. The first-order valence-corrected chi connectivity index (χ1v) is 8.14. The highest BCUT2D eigenvalue weighted by atomic mass is 16.5. The zero-order valence-electron chi connectivity index (χ0n) is 14.2. The van der Waals surface area contributed by atoms with Gasteiger partial charge >= 0.3 is 0 Å². The Morgan fingerprint density at radius 2 is 1.83 bits per heavy atom. The molecule has 0 aromatic heterocycles. The number of nitrogens with zero attached hydrogens (tertiary/aromatic N) is 1. The molecular formula is C20H24N2O2. The highest BCUT2D eigenvalue weighted by Crippen LogP contribution is 2.19. The Hall–Kier alpha value is -2.75. The van der Waals surface area contributed by atoms with Crippen molar-refractivity contribution in [2.24, 2.45) is 0 Å². The van der Waals surface area contributed by atoms with E-state index in [4.69, 9.17) is 4.74 Å². The van der Waals surface area contributed by atoms with E-state index in [1.165, 1.54) is 0 Å². The third-order valence-corrected chi connectivity index (χ3v) is 3.58. The van der Waals surface area contributed by atoms with Crippen LogP contribution in [0.3, 0.4) is 0 Å². The van der Waals surface area contributed by atoms with Gasteiger partial charge in [0.2, 0.25) is 5.91 Å². The van der Waals surface area contributed by atoms with Crippen molar-refractivity contribution in [3.05, 3.63) is 66.2 Å². The van der Waals surface area contributed by atoms with E-state index in [1.807, 2.05) is 68.6 Å². The molecule has 126 valence electrons. The molecule has 2 rings (SSSR count). The number of likely N-dealkylation sites (N-methyl/N-ethyl adjacent to an activating group) is 1. The molecule has 24 heavy (non-hydrogen) atoms. The van der Waals surface area contributed by atoms with Crippen molar-refractivity contribution in [3.8, 4) is 5.75 Å². The number of hydrogen-bond donors (Lipinski definition) is 1. The minimum Gasteiger partial charge on any atom is -0.493 e. The maximum absolute atomic E-state index is 11.9. The van der Waals surface area contributed by atoms with E-state index in [0.29, 0.717) is 13.2 Å². The molecule has 1 N–H and O–H groups in total. The van der Waals surface area contributed by atoms with Crippen molar-refractivity contribution in [2.45, 2.75) is 6.92 Å². The van der Waals surface area contributed by atoms with Crippen molar-refractivity contribution >= 4 is 17.7 Å². The van der Waals surface area contributed by atoms with Crippen molar-refractivity contribution in [2.75, 3.05) is 31.6 Å². The predicted molar refractivity (Wildman–Crippen MR) is 99.4 cm³/mol. The molecule has 0 aliphatic heterocycles. The van der Waals surface area contributed by atoms with Gasteiger partial charge in [-0.1, -0.05) is 36.4 Å². The first-order valence-electron chi connectivity index (χ1n) is 8.14. The third-order valence-electron chi connectivity index (χ3n) is 3.58. The van der Waals surface area contributed by atoms with Gasteiger partial charge in [-0.25, -0.2) is 0 Å². The van der Waals surface area contributed by atoms with E-state index in [0.717, 1.165) is 23.5 Å². The van der Waals surface area contributed by atoms with Gasteiger partial charge in [0, 0.05) is 37.5 Å². The molecule has 0 bridgehead atoms. The summed E-state index contributed by atoms with van der Waals surface area (Å²) in [5.41, 5.74) is 2.03. The number of rotatable bonds is 8. The van der Waals surface area contributed by atoms with Crippen LogP contribution < -0.4 is 15.0 Å². The Morgan fingerprint density at radius 3 is 2.58 bits per heavy atom. The molecule has 0 fully saturated rings. The Bertz CT molecular complexity index is 668. The lowest BCUT2D eigenvalue weighted by Crippen LogP contribution is -2.31. The normalized spacial score (nSPS) is 10.6. The van der Waals surface area contributed by atoms with Crippen LogP contribution in [0.25, 0.3) is 6.08 Å². The van der Waals surface area contributed by atoms with E-state index >= 15 is 0 Å². The van der Waals surface area contributed by atoms with Crippen molar-refractivity contribution < 1.29 is 9.53 Å². The predicted octanol–water partition coefficient (Wildman–Crippen LogP) is 3.35. The summed E-state index contributed by atoms with van der Waals surface area (Å²) in [4.78, 5) is 14.1. The zero-order valence-corrected chi connectivity index (χ0v) is 14.2. The molecule has 0 saturated carbocycles. The van der Waals surface area contributed by atoms with Crippen LogP contribution in [-0.4, -0.2) is 32.7 Å². The van der Waals surface area contributed by atoms with Gasteiger partial charge < -0.3 is 15.0 Å². The molecule has 0 spiro atoms. The summed E-state index contributed by atoms with van der Waals surface area (Å²) in [6.45, 7) is 3.88. The Balaban J connectivity index is 1.81. The van der Waals surface area contributed by atoms with E-state index in [1.54, 1.807) is 12.2 Å². The molecule has 0 atom stereocenters. The highest BCUT2D eigenvalue weighted by molar-refractivity contribution is 5.92. The van der Waals surface area contributed by atoms with E-state index < -0.39 is 0 Å². The fraction of sp³-hybridized carbons (Fsp3) is 0.250. The first-order chi connectivity index (χ1) is 11.7. The molecule has 0 saturated heterocycles. The van der Waals surface area contributed by atoms with Gasteiger partial charge in [-0.15, -0.1) is 0 Å². The number of carbonyl (C=O) groups is 1. The minimum absolute atomic E-state index is 0.109. The summed E-state index contributed by atoms with van der Waals surface area (Å²) in [6, 6.07) is 17.8. The maximum atomic E-state index is 11.9. The van der Waals surface area contributed by atoms with Gasteiger partial charge in [0.15, 0.2) is 0 Å². The van der Waals surface area contributed by atoms with Gasteiger partial charge in [0.25, 0.3) is 0 Å². The molecule has 2 aromatic carbocycles. The number of nitrogens with one attached hydrogen (secondary N) is 1. The number of hydrogen-bond acceptors (Lipinski definition) is 3. The van der Waals surface area contributed by atoms with Crippen LogP contribution in [0, 0.1) is 0 Å². The van der Waals surface area contributed by atoms with Crippen molar-refractivity contribution in [3.63, 3.8) is 0 Å². The molecular weight excluding hydrogens is 300 g/mol. The van der Waals surface area contributed by atoms with Crippen LogP contribution in [0.5, 0.6) is 5.75 Å². The second-order valence-electron chi connectivity index (χ2n) is 5.35. The molecule has 0 radical (unpaired) electrons. The van der Waals surface area contributed by atoms with Crippen LogP contribution in [-0.2, 0) is 4.79 Å². The number of benzene rings is 2. The monoisotopic (exact) mass is 324 g/mol. The smallest absolute Gasteiger partial charge is 0.244 e. The fourth-order valence-electron chi connectivity index (χ4n) is 2.29. The quantitative estimate of drug-likeness (QED) is 0.757.